The van der Waals surface area contributed by atoms with Crippen LogP contribution in [-0.2, 0) is 20.8 Å². The van der Waals surface area contributed by atoms with Crippen molar-refractivity contribution >= 4 is 72.5 Å². The van der Waals surface area contributed by atoms with Crippen LogP contribution in [0.25, 0.3) is 16.3 Å². The number of rotatable bonds is 8. The highest BCUT2D eigenvalue weighted by atomic mass is 32.2. The van der Waals surface area contributed by atoms with Gasteiger partial charge >= 0.3 is 5.97 Å². The van der Waals surface area contributed by atoms with E-state index >= 15 is 0 Å². The monoisotopic (exact) mass is 524 g/mol. The average molecular weight is 525 g/mol. The number of anilines is 1. The Kier molecular flexibility index (Phi) is 6.82. The summed E-state index contributed by atoms with van der Waals surface area (Å²) in [7, 11) is -3.02. The van der Waals surface area contributed by atoms with Crippen molar-refractivity contribution in [3.63, 3.8) is 0 Å². The second-order valence-electron chi connectivity index (χ2n) is 7.15. The third-order valence-corrected chi connectivity index (χ3v) is 8.58. The molecule has 0 atom stereocenters. The van der Waals surface area contributed by atoms with Gasteiger partial charge in [-0.25, -0.2) is 8.42 Å². The van der Waals surface area contributed by atoms with Gasteiger partial charge in [-0.1, -0.05) is 30.0 Å². The van der Waals surface area contributed by atoms with E-state index in [9.17, 15) is 22.9 Å². The highest BCUT2D eigenvalue weighted by molar-refractivity contribution is 8.03. The van der Waals surface area contributed by atoms with Crippen LogP contribution in [0.3, 0.4) is 0 Å². The van der Waals surface area contributed by atoms with Crippen molar-refractivity contribution in [2.45, 2.75) is 24.1 Å². The predicted octanol–water partition coefficient (Wildman–Crippen LogP) is 4.09. The minimum atomic E-state index is -4.54. The molecule has 0 spiro atoms. The fourth-order valence-corrected chi connectivity index (χ4v) is 7.32. The number of aliphatic carboxylic acids is 1. The first-order valence-corrected chi connectivity index (χ1v) is 13.9. The van der Waals surface area contributed by atoms with Gasteiger partial charge in [0.1, 0.15) is 17.0 Å². The Morgan fingerprint density at radius 3 is 2.79 bits per heavy atom. The van der Waals surface area contributed by atoms with Crippen LogP contribution in [0.1, 0.15) is 18.4 Å². The van der Waals surface area contributed by atoms with Gasteiger partial charge in [-0.2, -0.15) is 4.57 Å². The second kappa shape index (κ2) is 9.47. The van der Waals surface area contributed by atoms with Crippen molar-refractivity contribution < 1.29 is 32.2 Å². The van der Waals surface area contributed by atoms with E-state index in [-0.39, 0.29) is 6.54 Å². The normalized spacial score (nSPS) is 15.4. The summed E-state index contributed by atoms with van der Waals surface area (Å²) in [5, 5.41) is 14.7. The van der Waals surface area contributed by atoms with Gasteiger partial charge in [0.2, 0.25) is 11.4 Å². The second-order valence-corrected chi connectivity index (χ2v) is 11.4. The molecule has 0 saturated heterocycles. The fraction of sp³-hybridized carbons (Fsp3) is 0.238. The van der Waals surface area contributed by atoms with Crippen molar-refractivity contribution in [2.24, 2.45) is 0 Å². The van der Waals surface area contributed by atoms with Crippen LogP contribution in [0.15, 0.2) is 50.5 Å². The van der Waals surface area contributed by atoms with Crippen LogP contribution in [0.4, 0.5) is 5.69 Å². The maximum Gasteiger partial charge on any atom is 0.323 e. The number of nitrogens with zero attached hydrogens (tertiary/aromatic N) is 2. The highest BCUT2D eigenvalue weighted by Crippen LogP contribution is 2.48. The van der Waals surface area contributed by atoms with Crippen molar-refractivity contribution in [1.29, 1.82) is 0 Å². The maximum absolute atomic E-state index is 11.6. The molecule has 1 aliphatic rings. The van der Waals surface area contributed by atoms with E-state index in [2.05, 4.69) is 0 Å². The SMILES string of the molecule is CCC(/C=C1\Sc2cscc2N1CC(=O)O)=C\c1sc2ccc(OC)cc2[n+]1CS(=O)(=O)[O-]. The van der Waals surface area contributed by atoms with Gasteiger partial charge in [0.25, 0.3) is 5.01 Å². The molecular formula is C21H20N2O6S4. The van der Waals surface area contributed by atoms with E-state index in [0.29, 0.717) is 22.7 Å². The predicted molar refractivity (Wildman–Crippen MR) is 130 cm³/mol. The minimum Gasteiger partial charge on any atom is -0.743 e. The van der Waals surface area contributed by atoms with Crippen LogP contribution in [0.2, 0.25) is 0 Å². The first-order valence-electron chi connectivity index (χ1n) is 9.78. The van der Waals surface area contributed by atoms with E-state index in [1.807, 2.05) is 35.9 Å². The number of benzene rings is 1. The lowest BCUT2D eigenvalue weighted by molar-refractivity contribution is -0.649. The molecule has 0 saturated carbocycles. The molecule has 12 heteroatoms. The molecule has 33 heavy (non-hydrogen) atoms. The zero-order chi connectivity index (χ0) is 23.8. The van der Waals surface area contributed by atoms with Crippen LogP contribution in [0.5, 0.6) is 5.75 Å². The summed E-state index contributed by atoms with van der Waals surface area (Å²) < 4.78 is 42.4. The maximum atomic E-state index is 11.6. The van der Waals surface area contributed by atoms with Crippen LogP contribution in [-0.4, -0.2) is 37.7 Å². The van der Waals surface area contributed by atoms with Crippen LogP contribution < -0.4 is 14.2 Å². The molecule has 0 aliphatic carbocycles. The van der Waals surface area contributed by atoms with E-state index in [1.165, 1.54) is 46.1 Å². The van der Waals surface area contributed by atoms with E-state index < -0.39 is 22.0 Å². The molecule has 3 heterocycles. The van der Waals surface area contributed by atoms with Gasteiger partial charge < -0.3 is 19.3 Å². The summed E-state index contributed by atoms with van der Waals surface area (Å²) in [6.45, 7) is 1.81. The molecular weight excluding hydrogens is 505 g/mol. The molecule has 2 aromatic heterocycles. The van der Waals surface area contributed by atoms with E-state index in [1.54, 1.807) is 17.0 Å². The molecule has 1 aliphatic heterocycles. The molecule has 0 radical (unpaired) electrons. The molecule has 4 rings (SSSR count). The number of thiophene rings is 1. The standard InChI is InChI=1S/C21H20N2O6S4/c1-3-13(6-19-22(9-21(24)25)16-10-30-11-18(16)32-19)7-20-23(12-33(26,27)28)15-8-14(29-2)4-5-17(15)31-20/h4-8,10-11H,3,9,12H2,1-2H3,(H-,24,25,26,27,28). The number of carboxylic acid groups (broad SMARTS) is 1. The number of allylic oxidation sites excluding steroid dienone is 2. The number of hydrogen-bond donors (Lipinski definition) is 1. The smallest absolute Gasteiger partial charge is 0.323 e. The molecule has 0 amide bonds. The highest BCUT2D eigenvalue weighted by Gasteiger charge is 2.28. The zero-order valence-corrected chi connectivity index (χ0v) is 20.9. The Balaban J connectivity index is 1.79. The number of ether oxygens (including phenoxy) is 1. The molecule has 3 aromatic rings. The van der Waals surface area contributed by atoms with Crippen molar-refractivity contribution in [1.82, 2.24) is 0 Å². The average Bonchev–Trinajstić information content (AvgIpc) is 3.41. The third kappa shape index (κ3) is 5.25. The Hall–Kier alpha value is -2.38. The topological polar surface area (TPSA) is 111 Å². The summed E-state index contributed by atoms with van der Waals surface area (Å²) in [5.41, 5.74) is 2.34. The minimum absolute atomic E-state index is 0.156. The first-order chi connectivity index (χ1) is 15.7. The van der Waals surface area contributed by atoms with Gasteiger partial charge in [-0.15, -0.1) is 11.3 Å². The Bertz CT molecular complexity index is 1390. The fourth-order valence-electron chi connectivity index (χ4n) is 3.41. The van der Waals surface area contributed by atoms with Crippen LogP contribution >= 0.6 is 34.4 Å². The Morgan fingerprint density at radius 1 is 1.33 bits per heavy atom. The lowest BCUT2D eigenvalue weighted by Gasteiger charge is -2.17. The summed E-state index contributed by atoms with van der Waals surface area (Å²) in [4.78, 5) is 14.2. The number of hydrogen-bond acceptors (Lipinski definition) is 9. The number of methoxy groups -OCH3 is 1. The van der Waals surface area contributed by atoms with Crippen LogP contribution in [0, 0.1) is 0 Å². The largest absolute Gasteiger partial charge is 0.743 e. The summed E-state index contributed by atoms with van der Waals surface area (Å²) in [6.07, 6.45) is 4.39. The molecule has 0 unspecified atom stereocenters. The van der Waals surface area contributed by atoms with E-state index in [4.69, 9.17) is 4.74 Å². The van der Waals surface area contributed by atoms with Crippen molar-refractivity contribution in [2.75, 3.05) is 18.6 Å². The van der Waals surface area contributed by atoms with Crippen molar-refractivity contribution in [3.05, 3.63) is 50.6 Å². The van der Waals surface area contributed by atoms with Gasteiger partial charge in [0, 0.05) is 21.7 Å². The number of carbonyl (C=O) groups is 1. The Morgan fingerprint density at radius 2 is 2.12 bits per heavy atom. The van der Waals surface area contributed by atoms with Crippen molar-refractivity contribution in [3.8, 4) is 5.75 Å². The lowest BCUT2D eigenvalue weighted by atomic mass is 10.2. The van der Waals surface area contributed by atoms with Gasteiger partial charge in [-0.3, -0.25) is 4.79 Å². The van der Waals surface area contributed by atoms with Gasteiger partial charge in [-0.05, 0) is 30.2 Å². The number of aromatic nitrogens is 1. The molecule has 174 valence electrons. The number of thiazole rings is 1. The van der Waals surface area contributed by atoms with Gasteiger partial charge in [0.15, 0.2) is 10.1 Å². The van der Waals surface area contributed by atoms with Gasteiger partial charge in [0.05, 0.1) is 23.9 Å². The summed E-state index contributed by atoms with van der Waals surface area (Å²) in [6, 6.07) is 5.31. The zero-order valence-electron chi connectivity index (χ0n) is 17.7. The summed E-state index contributed by atoms with van der Waals surface area (Å²) >= 11 is 4.39. The molecule has 1 N–H and O–H groups in total. The molecule has 0 fully saturated rings. The quantitative estimate of drug-likeness (QED) is 0.346. The number of carboxylic acids is 1. The lowest BCUT2D eigenvalue weighted by Crippen LogP contribution is -2.39. The molecule has 0 bridgehead atoms. The number of thioether (sulfide) groups is 1. The first kappa shape index (κ1) is 23.8. The molecule has 8 nitrogen and oxygen atoms in total. The Labute approximate surface area is 203 Å². The summed E-state index contributed by atoms with van der Waals surface area (Å²) in [5.74, 6) is -1.07. The van der Waals surface area contributed by atoms with E-state index in [0.717, 1.165) is 25.9 Å². The molecule has 1 aromatic carbocycles. The number of fused-ring (bicyclic) bond motifs is 2. The third-order valence-electron chi connectivity index (χ3n) is 4.92.